The van der Waals surface area contributed by atoms with Crippen molar-refractivity contribution < 1.29 is 23.2 Å². The topological polar surface area (TPSA) is 90.8 Å². The molecule has 1 aliphatic heterocycles. The van der Waals surface area contributed by atoms with Gasteiger partial charge in [-0.05, 0) is 63.4 Å². The van der Waals surface area contributed by atoms with Gasteiger partial charge in [0.05, 0.1) is 22.3 Å². The molecule has 8 heteroatoms. The van der Waals surface area contributed by atoms with Crippen LogP contribution >= 0.6 is 0 Å². The lowest BCUT2D eigenvalue weighted by Crippen LogP contribution is -2.38. The summed E-state index contributed by atoms with van der Waals surface area (Å²) in [7, 11) is 0. The second-order valence-electron chi connectivity index (χ2n) is 9.39. The molecule has 4 heterocycles. The molecule has 1 fully saturated rings. The monoisotopic (exact) mass is 473 g/mol. The number of amides is 1. The zero-order chi connectivity index (χ0) is 24.1. The number of ether oxygens (including phenoxy) is 2. The predicted molar refractivity (Wildman–Crippen MR) is 128 cm³/mol. The molecule has 2 aliphatic rings. The number of nitrogens with zero attached hydrogens (tertiary/aromatic N) is 3. The van der Waals surface area contributed by atoms with E-state index in [-0.39, 0.29) is 18.7 Å². The summed E-state index contributed by atoms with van der Waals surface area (Å²) < 4.78 is 22.3. The summed E-state index contributed by atoms with van der Waals surface area (Å²) in [6.45, 7) is 6.34. The first kappa shape index (κ1) is 21.7. The molecule has 1 aliphatic carbocycles. The largest absolute Gasteiger partial charge is 0.466 e. The molecule has 6 rings (SSSR count). The van der Waals surface area contributed by atoms with Crippen LogP contribution in [0.2, 0.25) is 0 Å². The van der Waals surface area contributed by atoms with E-state index in [1.165, 1.54) is 0 Å². The maximum Gasteiger partial charge on any atom is 0.259 e. The van der Waals surface area contributed by atoms with Gasteiger partial charge < -0.3 is 23.3 Å². The zero-order valence-electron chi connectivity index (χ0n) is 20.1. The van der Waals surface area contributed by atoms with E-state index in [0.717, 1.165) is 59.8 Å². The van der Waals surface area contributed by atoms with Crippen molar-refractivity contribution in [1.82, 2.24) is 15.0 Å². The number of rotatable bonds is 5. The van der Waals surface area contributed by atoms with E-state index in [2.05, 4.69) is 10.1 Å². The van der Waals surface area contributed by atoms with Crippen LogP contribution in [0.5, 0.6) is 11.5 Å². The Morgan fingerprint density at radius 3 is 2.63 bits per heavy atom. The summed E-state index contributed by atoms with van der Waals surface area (Å²) in [6, 6.07) is 9.83. The van der Waals surface area contributed by atoms with Crippen LogP contribution in [-0.2, 0) is 6.54 Å². The predicted octanol–water partition coefficient (Wildman–Crippen LogP) is 5.72. The maximum atomic E-state index is 14.3. The van der Waals surface area contributed by atoms with Gasteiger partial charge in [0.1, 0.15) is 11.5 Å². The van der Waals surface area contributed by atoms with Gasteiger partial charge in [-0.25, -0.2) is 4.98 Å². The average molecular weight is 474 g/mol. The Morgan fingerprint density at radius 1 is 1.06 bits per heavy atom. The van der Waals surface area contributed by atoms with Crippen LogP contribution in [0.1, 0.15) is 58.8 Å². The van der Waals surface area contributed by atoms with Gasteiger partial charge in [-0.15, -0.1) is 0 Å². The lowest BCUT2D eigenvalue weighted by Gasteiger charge is -2.29. The molecule has 3 aromatic heterocycles. The van der Waals surface area contributed by atoms with Crippen molar-refractivity contribution in [3.8, 4) is 22.8 Å². The van der Waals surface area contributed by atoms with Crippen molar-refractivity contribution in [3.05, 3.63) is 58.7 Å². The Balaban J connectivity index is 1.44. The number of aromatic nitrogens is 2. The summed E-state index contributed by atoms with van der Waals surface area (Å²) in [5.74, 6) is 2.94. The lowest BCUT2D eigenvalue weighted by molar-refractivity contribution is 0.0666. The minimum absolute atomic E-state index is 0.0487. The fraction of sp³-hybridized carbons (Fsp3) is 0.370. The highest BCUT2D eigenvalue weighted by Crippen LogP contribution is 2.36. The van der Waals surface area contributed by atoms with Crippen LogP contribution in [-0.4, -0.2) is 33.8 Å². The number of fused-ring (bicyclic) bond motifs is 2. The number of pyridine rings is 1. The van der Waals surface area contributed by atoms with E-state index < -0.39 is 0 Å². The molecule has 0 unspecified atom stereocenters. The zero-order valence-corrected chi connectivity index (χ0v) is 20.1. The van der Waals surface area contributed by atoms with Crippen molar-refractivity contribution in [1.29, 1.82) is 0 Å². The molecule has 0 atom stereocenters. The van der Waals surface area contributed by atoms with Gasteiger partial charge >= 0.3 is 0 Å². The average Bonchev–Trinajstić information content (AvgIpc) is 3.64. The van der Waals surface area contributed by atoms with Gasteiger partial charge in [0.25, 0.3) is 11.6 Å². The summed E-state index contributed by atoms with van der Waals surface area (Å²) in [4.78, 5) is 20.9. The molecule has 180 valence electrons. The molecule has 0 radical (unpaired) electrons. The van der Waals surface area contributed by atoms with Crippen LogP contribution in [0.25, 0.3) is 22.4 Å². The van der Waals surface area contributed by atoms with E-state index >= 15 is 0 Å². The van der Waals surface area contributed by atoms with Gasteiger partial charge in [0, 0.05) is 18.2 Å². The number of benzene rings is 1. The maximum absolute atomic E-state index is 14.3. The van der Waals surface area contributed by atoms with Crippen molar-refractivity contribution in [2.45, 2.75) is 59.0 Å². The highest BCUT2D eigenvalue weighted by molar-refractivity contribution is 6.07. The molecule has 1 saturated carbocycles. The standard InChI is InChI=1S/C27H27N3O5/c1-15-10-20(17(3)34-15)22-12-21(25-16(2)29-35-26(25)28-22)27(31)30(19-6-4-5-7-19)13-18-8-9-23-24(11-18)33-14-32-23/h8-12,19H,4-7,13-14H2,1-3H3. The number of hydrogen-bond acceptors (Lipinski definition) is 7. The van der Waals surface area contributed by atoms with E-state index in [1.54, 1.807) is 0 Å². The minimum Gasteiger partial charge on any atom is -0.466 e. The van der Waals surface area contributed by atoms with Crippen molar-refractivity contribution in [2.24, 2.45) is 0 Å². The van der Waals surface area contributed by atoms with Crippen LogP contribution in [0, 0.1) is 20.8 Å². The fourth-order valence-corrected chi connectivity index (χ4v) is 5.26. The first-order valence-electron chi connectivity index (χ1n) is 12.0. The molecule has 0 spiro atoms. The SMILES string of the molecule is Cc1cc(-c2cc(C(=O)N(Cc3ccc4c(c3)OCO4)C3CCCC3)c3c(C)noc3n2)c(C)o1. The van der Waals surface area contributed by atoms with Gasteiger partial charge in [0.2, 0.25) is 6.79 Å². The highest BCUT2D eigenvalue weighted by Gasteiger charge is 2.31. The van der Waals surface area contributed by atoms with E-state index in [4.69, 9.17) is 18.4 Å². The Hall–Kier alpha value is -3.81. The molecule has 35 heavy (non-hydrogen) atoms. The summed E-state index contributed by atoms with van der Waals surface area (Å²) in [6.07, 6.45) is 4.21. The number of furan rings is 1. The second-order valence-corrected chi connectivity index (χ2v) is 9.39. The molecule has 1 aromatic carbocycles. The number of aryl methyl sites for hydroxylation is 3. The number of hydrogen-bond donors (Lipinski definition) is 0. The van der Waals surface area contributed by atoms with E-state index in [9.17, 15) is 4.79 Å². The second kappa shape index (κ2) is 8.45. The summed E-state index contributed by atoms with van der Waals surface area (Å²) >= 11 is 0. The smallest absolute Gasteiger partial charge is 0.259 e. The van der Waals surface area contributed by atoms with E-state index in [0.29, 0.717) is 34.6 Å². The quantitative estimate of drug-likeness (QED) is 0.366. The van der Waals surface area contributed by atoms with Crippen LogP contribution in [0.15, 0.2) is 39.3 Å². The molecule has 0 bridgehead atoms. The summed E-state index contributed by atoms with van der Waals surface area (Å²) in [5, 5.41) is 4.78. The third kappa shape index (κ3) is 3.83. The Bertz CT molecular complexity index is 1430. The Labute approximate surface area is 202 Å². The number of carbonyl (C=O) groups excluding carboxylic acids is 1. The Morgan fingerprint density at radius 2 is 1.86 bits per heavy atom. The van der Waals surface area contributed by atoms with Gasteiger partial charge in [-0.2, -0.15) is 0 Å². The molecule has 0 N–H and O–H groups in total. The first-order chi connectivity index (χ1) is 17.0. The molecule has 8 nitrogen and oxygen atoms in total. The molecule has 0 saturated heterocycles. The van der Waals surface area contributed by atoms with Crippen LogP contribution in [0.3, 0.4) is 0 Å². The fourth-order valence-electron chi connectivity index (χ4n) is 5.26. The molecule has 1 amide bonds. The van der Waals surface area contributed by atoms with Crippen LogP contribution in [0.4, 0.5) is 0 Å². The van der Waals surface area contributed by atoms with Crippen molar-refractivity contribution >= 4 is 17.0 Å². The van der Waals surface area contributed by atoms with Crippen molar-refractivity contribution in [2.75, 3.05) is 6.79 Å². The third-order valence-corrected chi connectivity index (χ3v) is 6.98. The minimum atomic E-state index is -0.0487. The molecular formula is C27H27N3O5. The van der Waals surface area contributed by atoms with Crippen molar-refractivity contribution in [3.63, 3.8) is 0 Å². The molecule has 4 aromatic rings. The lowest BCUT2D eigenvalue weighted by atomic mass is 10.0. The van der Waals surface area contributed by atoms with Gasteiger partial charge in [-0.1, -0.05) is 24.1 Å². The molecular weight excluding hydrogens is 446 g/mol. The third-order valence-electron chi connectivity index (χ3n) is 6.98. The Kier molecular flexibility index (Phi) is 5.24. The number of carbonyl (C=O) groups is 1. The van der Waals surface area contributed by atoms with Crippen LogP contribution < -0.4 is 9.47 Å². The highest BCUT2D eigenvalue weighted by atomic mass is 16.7. The normalized spacial score (nSPS) is 15.3. The van der Waals surface area contributed by atoms with Gasteiger partial charge in [-0.3, -0.25) is 4.79 Å². The van der Waals surface area contributed by atoms with Gasteiger partial charge in [0.15, 0.2) is 11.5 Å². The van der Waals surface area contributed by atoms with E-state index in [1.807, 2.05) is 56.0 Å². The summed E-state index contributed by atoms with van der Waals surface area (Å²) in [5.41, 5.74) is 4.04. The first-order valence-corrected chi connectivity index (χ1v) is 12.0.